The van der Waals surface area contributed by atoms with Crippen molar-refractivity contribution in [2.75, 3.05) is 17.3 Å². The van der Waals surface area contributed by atoms with Gasteiger partial charge in [-0.2, -0.15) is 0 Å². The molecule has 2 aliphatic heterocycles. The van der Waals surface area contributed by atoms with E-state index in [4.69, 9.17) is 16.3 Å². The molecule has 0 saturated heterocycles. The fraction of sp³-hybridized carbons (Fsp3) is 0.391. The molecule has 0 aromatic heterocycles. The van der Waals surface area contributed by atoms with Gasteiger partial charge >= 0.3 is 12.1 Å². The summed E-state index contributed by atoms with van der Waals surface area (Å²) < 4.78 is 6.32. The van der Waals surface area contributed by atoms with Crippen molar-refractivity contribution in [3.05, 3.63) is 52.5 Å². The molecule has 4 amide bonds. The maximum Gasteiger partial charge on any atom is 0.321 e. The predicted molar refractivity (Wildman–Crippen MR) is 122 cm³/mol. The van der Waals surface area contributed by atoms with Crippen molar-refractivity contribution >= 4 is 35.0 Å². The molecule has 0 fully saturated rings. The summed E-state index contributed by atoms with van der Waals surface area (Å²) in [4.78, 5) is 26.4. The summed E-state index contributed by atoms with van der Waals surface area (Å²) in [5.41, 5.74) is 2.88. The van der Waals surface area contributed by atoms with Crippen LogP contribution in [0.3, 0.4) is 0 Å². The van der Waals surface area contributed by atoms with E-state index < -0.39 is 0 Å². The third-order valence-corrected chi connectivity index (χ3v) is 6.56. The third-order valence-electron chi connectivity index (χ3n) is 6.33. The molecule has 31 heavy (non-hydrogen) atoms. The van der Waals surface area contributed by atoms with E-state index >= 15 is 0 Å². The van der Waals surface area contributed by atoms with Crippen LogP contribution in [0.5, 0.6) is 5.75 Å². The van der Waals surface area contributed by atoms with Crippen molar-refractivity contribution in [2.24, 2.45) is 0 Å². The van der Waals surface area contributed by atoms with Gasteiger partial charge in [-0.15, -0.1) is 0 Å². The van der Waals surface area contributed by atoms with Crippen molar-refractivity contribution in [1.82, 2.24) is 10.6 Å². The molecule has 2 heterocycles. The van der Waals surface area contributed by atoms with Gasteiger partial charge < -0.3 is 20.7 Å². The van der Waals surface area contributed by atoms with Crippen LogP contribution in [0.4, 0.5) is 21.0 Å². The summed E-state index contributed by atoms with van der Waals surface area (Å²) >= 11 is 6.19. The second-order valence-corrected chi connectivity index (χ2v) is 8.49. The number of hydrogen-bond acceptors (Lipinski definition) is 3. The Balaban J connectivity index is 1.57. The van der Waals surface area contributed by atoms with Crippen LogP contribution in [-0.4, -0.2) is 24.7 Å². The fourth-order valence-corrected chi connectivity index (χ4v) is 4.52. The Hall–Kier alpha value is -2.93. The third kappa shape index (κ3) is 4.02. The summed E-state index contributed by atoms with van der Waals surface area (Å²) in [5.74, 6) is 0.717. The molecule has 0 bridgehead atoms. The van der Waals surface area contributed by atoms with Crippen LogP contribution >= 0.6 is 11.6 Å². The van der Waals surface area contributed by atoms with Crippen LogP contribution in [0.15, 0.2) is 36.4 Å². The molecule has 7 nitrogen and oxygen atoms in total. The van der Waals surface area contributed by atoms with Gasteiger partial charge in [0.25, 0.3) is 0 Å². The number of carbonyl (C=O) groups is 2. The average Bonchev–Trinajstić information content (AvgIpc) is 2.76. The minimum atomic E-state index is -0.353. The second kappa shape index (κ2) is 8.30. The second-order valence-electron chi connectivity index (χ2n) is 8.05. The Kier molecular flexibility index (Phi) is 5.71. The van der Waals surface area contributed by atoms with Gasteiger partial charge in [0.05, 0.1) is 11.7 Å². The van der Waals surface area contributed by atoms with Gasteiger partial charge in [-0.1, -0.05) is 37.6 Å². The quantitative estimate of drug-likeness (QED) is 0.608. The number of halogens is 1. The zero-order valence-electron chi connectivity index (χ0n) is 17.9. The van der Waals surface area contributed by atoms with Crippen LogP contribution in [0.1, 0.15) is 50.3 Å². The number of anilines is 2. The molecule has 2 aromatic carbocycles. The molecule has 1 atom stereocenters. The number of urea groups is 2. The maximum absolute atomic E-state index is 13.0. The molecule has 0 spiro atoms. The summed E-state index contributed by atoms with van der Waals surface area (Å²) in [5, 5.41) is 9.50. The lowest BCUT2D eigenvalue weighted by molar-refractivity contribution is 0.0247. The smallest absolute Gasteiger partial charge is 0.321 e. The SMILES string of the molecule is CCC1(CC)C[C@@H](NC(=O)Nc2cccc3c2CNC(=O)N3C)c2ccc(Cl)cc2O1. The highest BCUT2D eigenvalue weighted by Gasteiger charge is 2.39. The van der Waals surface area contributed by atoms with E-state index in [1.165, 1.54) is 4.90 Å². The fourth-order valence-electron chi connectivity index (χ4n) is 4.35. The largest absolute Gasteiger partial charge is 0.487 e. The monoisotopic (exact) mass is 442 g/mol. The molecule has 3 N–H and O–H groups in total. The van der Waals surface area contributed by atoms with Gasteiger partial charge in [-0.05, 0) is 37.1 Å². The predicted octanol–water partition coefficient (Wildman–Crippen LogP) is 5.20. The Bertz CT molecular complexity index is 1020. The summed E-state index contributed by atoms with van der Waals surface area (Å²) in [6.45, 7) is 4.55. The minimum Gasteiger partial charge on any atom is -0.487 e. The zero-order valence-corrected chi connectivity index (χ0v) is 18.7. The van der Waals surface area contributed by atoms with Gasteiger partial charge in [0.2, 0.25) is 0 Å². The summed E-state index contributed by atoms with van der Waals surface area (Å²) in [6, 6.07) is 10.4. The molecule has 2 aliphatic rings. The van der Waals surface area contributed by atoms with E-state index in [1.54, 1.807) is 7.05 Å². The molecule has 0 radical (unpaired) electrons. The summed E-state index contributed by atoms with van der Waals surface area (Å²) in [7, 11) is 1.70. The van der Waals surface area contributed by atoms with E-state index in [1.807, 2.05) is 36.4 Å². The minimum absolute atomic E-state index is 0.165. The van der Waals surface area contributed by atoms with Crippen LogP contribution < -0.4 is 25.6 Å². The standard InChI is InChI=1S/C23H27ClN4O3/c1-4-23(5-2)12-18(15-10-9-14(24)11-20(15)31-23)27-21(29)26-17-7-6-8-19-16(17)13-25-22(30)28(19)3/h6-11,18H,4-5,12-13H2,1-3H3,(H,25,30)(H2,26,27,29)/t18-/m1/s1. The Morgan fingerprint density at radius 3 is 2.81 bits per heavy atom. The van der Waals surface area contributed by atoms with Gasteiger partial charge in [-0.25, -0.2) is 9.59 Å². The highest BCUT2D eigenvalue weighted by Crippen LogP contribution is 2.43. The Morgan fingerprint density at radius 2 is 2.06 bits per heavy atom. The van der Waals surface area contributed by atoms with Gasteiger partial charge in [0.15, 0.2) is 0 Å². The zero-order chi connectivity index (χ0) is 22.2. The topological polar surface area (TPSA) is 82.7 Å². The van der Waals surface area contributed by atoms with Crippen LogP contribution in [-0.2, 0) is 6.54 Å². The van der Waals surface area contributed by atoms with E-state index in [9.17, 15) is 9.59 Å². The molecule has 0 saturated carbocycles. The number of nitrogens with one attached hydrogen (secondary N) is 3. The van der Waals surface area contributed by atoms with Crippen LogP contribution in [0, 0.1) is 0 Å². The van der Waals surface area contributed by atoms with E-state index in [-0.39, 0.29) is 23.7 Å². The number of rotatable bonds is 4. The molecule has 8 heteroatoms. The van der Waals surface area contributed by atoms with Crippen LogP contribution in [0.2, 0.25) is 5.02 Å². The maximum atomic E-state index is 13.0. The first-order valence-corrected chi connectivity index (χ1v) is 10.9. The van der Waals surface area contributed by atoms with Crippen molar-refractivity contribution in [3.8, 4) is 5.75 Å². The van der Waals surface area contributed by atoms with Crippen molar-refractivity contribution < 1.29 is 14.3 Å². The normalized spacial score (nSPS) is 18.9. The van der Waals surface area contributed by atoms with Crippen molar-refractivity contribution in [3.63, 3.8) is 0 Å². The molecule has 2 aromatic rings. The summed E-state index contributed by atoms with van der Waals surface area (Å²) in [6.07, 6.45) is 2.33. The van der Waals surface area contributed by atoms with Crippen molar-refractivity contribution in [1.29, 1.82) is 0 Å². The number of nitrogens with zero attached hydrogens (tertiary/aromatic N) is 1. The number of amides is 4. The average molecular weight is 443 g/mol. The lowest BCUT2D eigenvalue weighted by Crippen LogP contribution is -2.45. The number of ether oxygens (including phenoxy) is 1. The van der Waals surface area contributed by atoms with Gasteiger partial charge in [0.1, 0.15) is 11.4 Å². The lowest BCUT2D eigenvalue weighted by atomic mass is 9.83. The first kappa shape index (κ1) is 21.3. The molecular formula is C23H27ClN4O3. The molecule has 0 unspecified atom stereocenters. The van der Waals surface area contributed by atoms with E-state index in [2.05, 4.69) is 29.8 Å². The lowest BCUT2D eigenvalue weighted by Gasteiger charge is -2.41. The Labute approximate surface area is 187 Å². The van der Waals surface area contributed by atoms with E-state index in [0.717, 1.165) is 29.7 Å². The molecule has 0 aliphatic carbocycles. The van der Waals surface area contributed by atoms with Gasteiger partial charge in [-0.3, -0.25) is 4.90 Å². The van der Waals surface area contributed by atoms with Crippen LogP contribution in [0.25, 0.3) is 0 Å². The number of hydrogen-bond donors (Lipinski definition) is 3. The Morgan fingerprint density at radius 1 is 1.29 bits per heavy atom. The number of carbonyl (C=O) groups excluding carboxylic acids is 2. The van der Waals surface area contributed by atoms with Gasteiger partial charge in [0, 0.05) is 41.9 Å². The number of benzene rings is 2. The van der Waals surface area contributed by atoms with E-state index in [0.29, 0.717) is 29.4 Å². The number of fused-ring (bicyclic) bond motifs is 2. The molecule has 4 rings (SSSR count). The highest BCUT2D eigenvalue weighted by atomic mass is 35.5. The molecular weight excluding hydrogens is 416 g/mol. The first-order chi connectivity index (χ1) is 14.9. The highest BCUT2D eigenvalue weighted by molar-refractivity contribution is 6.30. The molecule has 164 valence electrons. The van der Waals surface area contributed by atoms with Crippen molar-refractivity contribution in [2.45, 2.75) is 51.3 Å². The first-order valence-electron chi connectivity index (χ1n) is 10.5.